The standard InChI is InChI=1S/C18H25ClN6O/c1-23-8-10-24(11-9-23)17(15-6-2-3-7-16(15)19)18-20-21-22-25(18)13-14-5-4-12-26-14/h2-3,6-7,14,17H,4-5,8-13H2,1H3/p+2/t14-,17+/m1/s1. The van der Waals surface area contributed by atoms with Crippen molar-refractivity contribution >= 4 is 11.6 Å². The first-order chi connectivity index (χ1) is 12.7. The van der Waals surface area contributed by atoms with Crippen LogP contribution in [0.25, 0.3) is 0 Å². The van der Waals surface area contributed by atoms with Gasteiger partial charge in [0.25, 0.3) is 0 Å². The zero-order valence-corrected chi connectivity index (χ0v) is 16.0. The maximum atomic E-state index is 6.59. The number of nitrogens with one attached hydrogen (secondary N) is 2. The predicted octanol–water partition coefficient (Wildman–Crippen LogP) is -0.992. The highest BCUT2D eigenvalue weighted by molar-refractivity contribution is 6.31. The molecule has 2 fully saturated rings. The van der Waals surface area contributed by atoms with Crippen LogP contribution in [0.15, 0.2) is 24.3 Å². The summed E-state index contributed by atoms with van der Waals surface area (Å²) in [5.41, 5.74) is 1.10. The van der Waals surface area contributed by atoms with Gasteiger partial charge in [0, 0.05) is 12.2 Å². The fourth-order valence-corrected chi connectivity index (χ4v) is 4.31. The molecule has 0 spiro atoms. The van der Waals surface area contributed by atoms with Gasteiger partial charge in [-0.3, -0.25) is 0 Å². The molecule has 2 N–H and O–H groups in total. The van der Waals surface area contributed by atoms with Crippen molar-refractivity contribution in [1.82, 2.24) is 20.2 Å². The highest BCUT2D eigenvalue weighted by Gasteiger charge is 2.36. The Labute approximate surface area is 158 Å². The maximum Gasteiger partial charge on any atom is 0.214 e. The zero-order chi connectivity index (χ0) is 17.9. The van der Waals surface area contributed by atoms with Crippen LogP contribution in [-0.2, 0) is 11.3 Å². The van der Waals surface area contributed by atoms with Gasteiger partial charge >= 0.3 is 0 Å². The van der Waals surface area contributed by atoms with E-state index in [0.717, 1.165) is 62.0 Å². The van der Waals surface area contributed by atoms with Gasteiger partial charge in [-0.05, 0) is 29.3 Å². The molecule has 0 bridgehead atoms. The average molecular weight is 379 g/mol. The third kappa shape index (κ3) is 3.76. The van der Waals surface area contributed by atoms with E-state index in [1.54, 1.807) is 4.90 Å². The quantitative estimate of drug-likeness (QED) is 0.701. The number of nitrogens with zero attached hydrogens (tertiary/aromatic N) is 4. The van der Waals surface area contributed by atoms with Crippen molar-refractivity contribution in [2.24, 2.45) is 0 Å². The first kappa shape index (κ1) is 17.9. The number of benzene rings is 1. The van der Waals surface area contributed by atoms with Gasteiger partial charge in [-0.1, -0.05) is 29.8 Å². The highest BCUT2D eigenvalue weighted by atomic mass is 35.5. The van der Waals surface area contributed by atoms with Crippen molar-refractivity contribution in [1.29, 1.82) is 0 Å². The summed E-state index contributed by atoms with van der Waals surface area (Å²) < 4.78 is 7.73. The molecule has 0 aliphatic carbocycles. The van der Waals surface area contributed by atoms with Crippen molar-refractivity contribution in [3.8, 4) is 0 Å². The van der Waals surface area contributed by atoms with Gasteiger partial charge in [0.15, 0.2) is 6.04 Å². The van der Waals surface area contributed by atoms with Crippen LogP contribution in [0.5, 0.6) is 0 Å². The molecule has 0 saturated carbocycles. The van der Waals surface area contributed by atoms with Crippen LogP contribution >= 0.6 is 11.6 Å². The van der Waals surface area contributed by atoms with Crippen LogP contribution in [0.4, 0.5) is 0 Å². The van der Waals surface area contributed by atoms with Crippen molar-refractivity contribution in [3.63, 3.8) is 0 Å². The van der Waals surface area contributed by atoms with Crippen LogP contribution in [0.1, 0.15) is 30.3 Å². The highest BCUT2D eigenvalue weighted by Crippen LogP contribution is 2.25. The Bertz CT molecular complexity index is 724. The summed E-state index contributed by atoms with van der Waals surface area (Å²) in [4.78, 5) is 3.05. The van der Waals surface area contributed by atoms with Crippen molar-refractivity contribution < 1.29 is 14.5 Å². The molecule has 2 aliphatic heterocycles. The van der Waals surface area contributed by atoms with Gasteiger partial charge in [0.2, 0.25) is 5.82 Å². The molecule has 2 atom stereocenters. The summed E-state index contributed by atoms with van der Waals surface area (Å²) in [7, 11) is 2.25. The second-order valence-electron chi connectivity index (χ2n) is 7.42. The summed E-state index contributed by atoms with van der Waals surface area (Å²) >= 11 is 6.59. The van der Waals surface area contributed by atoms with Crippen LogP contribution in [-0.4, -0.2) is 66.1 Å². The molecule has 4 rings (SSSR count). The minimum absolute atomic E-state index is 0.0493. The molecular weight excluding hydrogens is 352 g/mol. The zero-order valence-electron chi connectivity index (χ0n) is 15.2. The Morgan fingerprint density at radius 1 is 1.27 bits per heavy atom. The van der Waals surface area contributed by atoms with E-state index in [2.05, 4.69) is 28.6 Å². The second-order valence-corrected chi connectivity index (χ2v) is 7.83. The van der Waals surface area contributed by atoms with Gasteiger partial charge in [0.05, 0.1) is 24.7 Å². The molecule has 2 aliphatic rings. The van der Waals surface area contributed by atoms with Crippen LogP contribution in [0.2, 0.25) is 5.02 Å². The van der Waals surface area contributed by atoms with E-state index in [4.69, 9.17) is 16.3 Å². The molecule has 2 saturated heterocycles. The average Bonchev–Trinajstić information content (AvgIpc) is 3.31. The number of aromatic nitrogens is 4. The summed E-state index contributed by atoms with van der Waals surface area (Å²) in [5.74, 6) is 0.892. The monoisotopic (exact) mass is 378 g/mol. The van der Waals surface area contributed by atoms with Crippen LogP contribution < -0.4 is 9.80 Å². The number of piperazine rings is 1. The summed E-state index contributed by atoms with van der Waals surface area (Å²) in [6.07, 6.45) is 2.39. The SMILES string of the molecule is C[NH+]1CC[NH+]([C@@H](c2ccccc2Cl)c2nnnn2C[C@H]2CCCO2)CC1. The third-order valence-corrected chi connectivity index (χ3v) is 5.93. The Hall–Kier alpha value is -1.54. The molecule has 1 aromatic carbocycles. The number of tetrazole rings is 1. The lowest BCUT2D eigenvalue weighted by molar-refractivity contribution is -1.02. The number of quaternary nitrogens is 2. The number of hydrogen-bond donors (Lipinski definition) is 2. The molecule has 1 aromatic heterocycles. The number of hydrogen-bond acceptors (Lipinski definition) is 4. The van der Waals surface area contributed by atoms with Crippen molar-refractivity contribution in [2.45, 2.75) is 31.5 Å². The predicted molar refractivity (Wildman–Crippen MR) is 97.4 cm³/mol. The fourth-order valence-electron chi connectivity index (χ4n) is 4.07. The number of ether oxygens (including phenoxy) is 1. The number of likely N-dealkylation sites (N-methyl/N-ethyl adjacent to an activating group) is 1. The van der Waals surface area contributed by atoms with Crippen LogP contribution in [0, 0.1) is 0 Å². The van der Waals surface area contributed by atoms with E-state index in [0.29, 0.717) is 6.54 Å². The minimum atomic E-state index is 0.0493. The molecule has 3 heterocycles. The van der Waals surface area contributed by atoms with E-state index >= 15 is 0 Å². The lowest BCUT2D eigenvalue weighted by Gasteiger charge is -2.33. The second kappa shape index (κ2) is 8.00. The number of halogens is 1. The molecule has 26 heavy (non-hydrogen) atoms. The fraction of sp³-hybridized carbons (Fsp3) is 0.611. The molecule has 2 aromatic rings. The van der Waals surface area contributed by atoms with E-state index in [1.165, 1.54) is 4.90 Å². The first-order valence-corrected chi connectivity index (χ1v) is 9.88. The largest absolute Gasteiger partial charge is 0.376 e. The molecule has 7 nitrogen and oxygen atoms in total. The van der Waals surface area contributed by atoms with Gasteiger partial charge in [0.1, 0.15) is 26.2 Å². The minimum Gasteiger partial charge on any atom is -0.376 e. The molecule has 0 unspecified atom stereocenters. The normalized spacial score (nSPS) is 27.5. The first-order valence-electron chi connectivity index (χ1n) is 9.50. The Kier molecular flexibility index (Phi) is 5.49. The van der Waals surface area contributed by atoms with E-state index in [1.807, 2.05) is 22.9 Å². The van der Waals surface area contributed by atoms with Gasteiger partial charge in [-0.2, -0.15) is 0 Å². The molecular formula is C18H27ClN6O+2. The lowest BCUT2D eigenvalue weighted by Crippen LogP contribution is -3.27. The summed E-state index contributed by atoms with van der Waals surface area (Å²) in [5, 5.41) is 13.5. The Morgan fingerprint density at radius 2 is 2.08 bits per heavy atom. The molecule has 140 valence electrons. The third-order valence-electron chi connectivity index (χ3n) is 5.59. The van der Waals surface area contributed by atoms with Crippen LogP contribution in [0.3, 0.4) is 0 Å². The summed E-state index contributed by atoms with van der Waals surface area (Å²) in [6.45, 7) is 5.99. The molecule has 8 heteroatoms. The maximum absolute atomic E-state index is 6.59. The lowest BCUT2D eigenvalue weighted by atomic mass is 10.0. The summed E-state index contributed by atoms with van der Waals surface area (Å²) in [6, 6.07) is 8.13. The van der Waals surface area contributed by atoms with E-state index in [9.17, 15) is 0 Å². The number of rotatable bonds is 5. The van der Waals surface area contributed by atoms with Crippen molar-refractivity contribution in [3.05, 3.63) is 40.7 Å². The smallest absolute Gasteiger partial charge is 0.214 e. The van der Waals surface area contributed by atoms with Gasteiger partial charge < -0.3 is 14.5 Å². The van der Waals surface area contributed by atoms with Crippen molar-refractivity contribution in [2.75, 3.05) is 39.8 Å². The van der Waals surface area contributed by atoms with Gasteiger partial charge in [-0.25, -0.2) is 4.68 Å². The van der Waals surface area contributed by atoms with E-state index < -0.39 is 0 Å². The van der Waals surface area contributed by atoms with E-state index in [-0.39, 0.29) is 12.1 Å². The molecule has 0 radical (unpaired) electrons. The Balaban J connectivity index is 1.67. The molecule has 0 amide bonds. The van der Waals surface area contributed by atoms with Gasteiger partial charge in [-0.15, -0.1) is 5.10 Å². The Morgan fingerprint density at radius 3 is 2.81 bits per heavy atom. The topological polar surface area (TPSA) is 61.7 Å².